The number of hydrogen-bond donors (Lipinski definition) is 0. The second-order valence-electron chi connectivity index (χ2n) is 3.56. The van der Waals surface area contributed by atoms with Crippen LogP contribution < -0.4 is 0 Å². The number of cyclic esters (lactones) is 1. The average Bonchev–Trinajstić information content (AvgIpc) is 2.56. The van der Waals surface area contributed by atoms with Gasteiger partial charge in [0.25, 0.3) is 5.91 Å². The van der Waals surface area contributed by atoms with Crippen LogP contribution in [0.15, 0.2) is 4.99 Å². The van der Waals surface area contributed by atoms with Crippen molar-refractivity contribution in [1.29, 1.82) is 0 Å². The summed E-state index contributed by atoms with van der Waals surface area (Å²) in [6.45, 7) is 3.95. The van der Waals surface area contributed by atoms with Crippen molar-refractivity contribution in [2.45, 2.75) is 19.9 Å². The Morgan fingerprint density at radius 1 is 1.80 bits per heavy atom. The Morgan fingerprint density at radius 3 is 3.00 bits per heavy atom. The molecule has 1 rings (SSSR count). The van der Waals surface area contributed by atoms with Gasteiger partial charge in [0.2, 0.25) is 0 Å². The minimum atomic E-state index is -0.599. The minimum Gasteiger partial charge on any atom is -0.447 e. The SMILES string of the molecule is CC(C)[C@H]1COC(=O)N1C(=O)CN=C=S. The normalized spacial score (nSPS) is 20.1. The molecule has 0 aromatic rings. The zero-order chi connectivity index (χ0) is 11.4. The smallest absolute Gasteiger partial charge is 0.417 e. The molecular formula is C9H12N2O3S. The van der Waals surface area contributed by atoms with Crippen molar-refractivity contribution in [1.82, 2.24) is 4.90 Å². The maximum absolute atomic E-state index is 11.6. The van der Waals surface area contributed by atoms with Crippen molar-refractivity contribution in [2.24, 2.45) is 10.9 Å². The highest BCUT2D eigenvalue weighted by molar-refractivity contribution is 7.78. The molecule has 0 aliphatic carbocycles. The minimum absolute atomic E-state index is 0.151. The van der Waals surface area contributed by atoms with Crippen LogP contribution in [0.4, 0.5) is 4.79 Å². The molecule has 1 aliphatic rings. The Hall–Kier alpha value is -1.26. The lowest BCUT2D eigenvalue weighted by Gasteiger charge is -2.21. The first kappa shape index (κ1) is 11.8. The van der Waals surface area contributed by atoms with Crippen molar-refractivity contribution in [3.05, 3.63) is 0 Å². The van der Waals surface area contributed by atoms with E-state index in [4.69, 9.17) is 4.74 Å². The van der Waals surface area contributed by atoms with Crippen LogP contribution in [0.5, 0.6) is 0 Å². The van der Waals surface area contributed by atoms with E-state index in [-0.39, 0.29) is 25.1 Å². The summed E-state index contributed by atoms with van der Waals surface area (Å²) in [6, 6.07) is -0.203. The van der Waals surface area contributed by atoms with Gasteiger partial charge in [-0.25, -0.2) is 14.7 Å². The summed E-state index contributed by atoms with van der Waals surface area (Å²) in [7, 11) is 0. The number of thiocarbonyl (C=S) groups is 1. The summed E-state index contributed by atoms with van der Waals surface area (Å²) >= 11 is 4.35. The third kappa shape index (κ3) is 2.61. The van der Waals surface area contributed by atoms with Crippen LogP contribution in [0.3, 0.4) is 0 Å². The molecule has 0 saturated carbocycles. The molecule has 1 saturated heterocycles. The number of imide groups is 1. The first-order chi connectivity index (χ1) is 7.07. The molecule has 15 heavy (non-hydrogen) atoms. The highest BCUT2D eigenvalue weighted by Crippen LogP contribution is 2.19. The van der Waals surface area contributed by atoms with Crippen molar-refractivity contribution in [3.63, 3.8) is 0 Å². The fourth-order valence-corrected chi connectivity index (χ4v) is 1.45. The number of aliphatic imine (C=N–C) groups is 1. The van der Waals surface area contributed by atoms with Gasteiger partial charge in [-0.1, -0.05) is 13.8 Å². The van der Waals surface area contributed by atoms with E-state index in [0.29, 0.717) is 0 Å². The number of carbonyl (C=O) groups excluding carboxylic acids is 2. The van der Waals surface area contributed by atoms with E-state index in [1.807, 2.05) is 13.8 Å². The molecule has 0 N–H and O–H groups in total. The molecule has 0 aromatic heterocycles. The molecule has 1 heterocycles. The number of nitrogens with zero attached hydrogens (tertiary/aromatic N) is 2. The van der Waals surface area contributed by atoms with Gasteiger partial charge in [-0.2, -0.15) is 0 Å². The number of rotatable bonds is 3. The van der Waals surface area contributed by atoms with Gasteiger partial charge in [-0.15, -0.1) is 0 Å². The van der Waals surface area contributed by atoms with E-state index in [2.05, 4.69) is 22.4 Å². The zero-order valence-corrected chi connectivity index (χ0v) is 9.41. The largest absolute Gasteiger partial charge is 0.447 e. The number of carbonyl (C=O) groups is 2. The molecule has 82 valence electrons. The molecule has 1 fully saturated rings. The van der Waals surface area contributed by atoms with Gasteiger partial charge in [0, 0.05) is 0 Å². The van der Waals surface area contributed by atoms with Crippen LogP contribution >= 0.6 is 12.2 Å². The Labute approximate surface area is 93.1 Å². The molecule has 1 atom stereocenters. The van der Waals surface area contributed by atoms with Crippen molar-refractivity contribution < 1.29 is 14.3 Å². The number of isothiocyanates is 1. The second-order valence-corrected chi connectivity index (χ2v) is 3.74. The number of ether oxygens (including phenoxy) is 1. The summed E-state index contributed by atoms with van der Waals surface area (Å²) < 4.78 is 4.82. The van der Waals surface area contributed by atoms with Crippen LogP contribution in [0, 0.1) is 5.92 Å². The Bertz CT molecular complexity index is 323. The summed E-state index contributed by atoms with van der Waals surface area (Å²) in [5, 5.41) is 2.09. The molecule has 0 aromatic carbocycles. The molecule has 0 bridgehead atoms. The summed E-state index contributed by atoms with van der Waals surface area (Å²) in [6.07, 6.45) is -0.599. The quantitative estimate of drug-likeness (QED) is 0.536. The van der Waals surface area contributed by atoms with E-state index in [1.54, 1.807) is 0 Å². The van der Waals surface area contributed by atoms with Gasteiger partial charge in [0.1, 0.15) is 13.2 Å². The van der Waals surface area contributed by atoms with Crippen LogP contribution in [0.25, 0.3) is 0 Å². The Balaban J connectivity index is 2.75. The Morgan fingerprint density at radius 2 is 2.47 bits per heavy atom. The highest BCUT2D eigenvalue weighted by Gasteiger charge is 2.39. The standard InChI is InChI=1S/C9H12N2O3S/c1-6(2)7-4-14-9(13)11(7)8(12)3-10-5-15/h6-7H,3-4H2,1-2H3/t7-/m1/s1. The predicted octanol–water partition coefficient (Wildman–Crippen LogP) is 1.09. The molecular weight excluding hydrogens is 216 g/mol. The van der Waals surface area contributed by atoms with Gasteiger partial charge in [0.05, 0.1) is 11.2 Å². The number of hydrogen-bond acceptors (Lipinski definition) is 5. The molecule has 2 amide bonds. The van der Waals surface area contributed by atoms with Gasteiger partial charge in [-0.05, 0) is 18.1 Å². The van der Waals surface area contributed by atoms with E-state index in [1.165, 1.54) is 0 Å². The topological polar surface area (TPSA) is 59.0 Å². The first-order valence-corrected chi connectivity index (χ1v) is 5.01. The highest BCUT2D eigenvalue weighted by atomic mass is 32.1. The van der Waals surface area contributed by atoms with Crippen LogP contribution in [-0.2, 0) is 9.53 Å². The molecule has 5 nitrogen and oxygen atoms in total. The van der Waals surface area contributed by atoms with Crippen molar-refractivity contribution in [2.75, 3.05) is 13.2 Å². The fourth-order valence-electron chi connectivity index (χ4n) is 1.39. The molecule has 1 aliphatic heterocycles. The van der Waals surface area contributed by atoms with Crippen LogP contribution in [-0.4, -0.2) is 41.3 Å². The van der Waals surface area contributed by atoms with Crippen molar-refractivity contribution in [3.8, 4) is 0 Å². The fraction of sp³-hybridized carbons (Fsp3) is 0.667. The van der Waals surface area contributed by atoms with E-state index in [0.717, 1.165) is 4.90 Å². The maximum Gasteiger partial charge on any atom is 0.417 e. The van der Waals surface area contributed by atoms with Crippen LogP contribution in [0.2, 0.25) is 0 Å². The lowest BCUT2D eigenvalue weighted by molar-refractivity contribution is -0.128. The number of amides is 2. The van der Waals surface area contributed by atoms with Gasteiger partial charge in [-0.3, -0.25) is 4.79 Å². The Kier molecular flexibility index (Phi) is 3.94. The van der Waals surface area contributed by atoms with E-state index < -0.39 is 12.0 Å². The summed E-state index contributed by atoms with van der Waals surface area (Å²) in [4.78, 5) is 27.5. The second kappa shape index (κ2) is 5.00. The molecule has 0 radical (unpaired) electrons. The summed E-state index contributed by atoms with van der Waals surface area (Å²) in [5.74, 6) is -0.231. The third-order valence-corrected chi connectivity index (χ3v) is 2.35. The van der Waals surface area contributed by atoms with Gasteiger partial charge >= 0.3 is 6.09 Å². The molecule has 0 unspecified atom stereocenters. The first-order valence-electron chi connectivity index (χ1n) is 4.60. The van der Waals surface area contributed by atoms with Crippen molar-refractivity contribution >= 4 is 29.4 Å². The third-order valence-electron chi connectivity index (χ3n) is 2.22. The monoisotopic (exact) mass is 228 g/mol. The van der Waals surface area contributed by atoms with E-state index >= 15 is 0 Å². The summed E-state index contributed by atoms with van der Waals surface area (Å²) in [5.41, 5.74) is 0. The average molecular weight is 228 g/mol. The van der Waals surface area contributed by atoms with Gasteiger partial charge in [0.15, 0.2) is 0 Å². The molecule has 6 heteroatoms. The predicted molar refractivity (Wildman–Crippen MR) is 56.7 cm³/mol. The van der Waals surface area contributed by atoms with E-state index in [9.17, 15) is 9.59 Å². The van der Waals surface area contributed by atoms with Crippen LogP contribution in [0.1, 0.15) is 13.8 Å². The zero-order valence-electron chi connectivity index (χ0n) is 8.60. The lowest BCUT2D eigenvalue weighted by Crippen LogP contribution is -2.42. The van der Waals surface area contributed by atoms with Gasteiger partial charge < -0.3 is 4.74 Å². The lowest BCUT2D eigenvalue weighted by atomic mass is 10.0. The maximum atomic E-state index is 11.6. The molecule has 0 spiro atoms.